The second kappa shape index (κ2) is 6.89. The summed E-state index contributed by atoms with van der Waals surface area (Å²) in [6.45, 7) is 1.51. The number of nitrogens with zero attached hydrogens (tertiary/aromatic N) is 3. The maximum absolute atomic E-state index is 13.4. The van der Waals surface area contributed by atoms with Crippen LogP contribution in [0.4, 0.5) is 0 Å². The van der Waals surface area contributed by atoms with Crippen molar-refractivity contribution in [3.63, 3.8) is 0 Å². The Morgan fingerprint density at radius 1 is 1.11 bits per heavy atom. The van der Waals surface area contributed by atoms with E-state index in [1.165, 1.54) is 16.5 Å². The zero-order chi connectivity index (χ0) is 19.1. The van der Waals surface area contributed by atoms with E-state index in [1.807, 2.05) is 11.0 Å². The largest absolute Gasteiger partial charge is 0.340 e. The topological polar surface area (TPSA) is 55.2 Å². The molecule has 1 aromatic heterocycles. The molecule has 28 heavy (non-hydrogen) atoms. The third-order valence-electron chi connectivity index (χ3n) is 6.16. The quantitative estimate of drug-likeness (QED) is 0.660. The Morgan fingerprint density at radius 3 is 2.79 bits per heavy atom. The van der Waals surface area contributed by atoms with Gasteiger partial charge in [-0.2, -0.15) is 0 Å². The monoisotopic (exact) mass is 373 g/mol. The van der Waals surface area contributed by atoms with Gasteiger partial charge in [0.2, 0.25) is 5.91 Å². The van der Waals surface area contributed by atoms with E-state index in [2.05, 4.69) is 29.2 Å². The molecule has 1 aliphatic heterocycles. The van der Waals surface area contributed by atoms with Crippen LogP contribution in [0.5, 0.6) is 0 Å². The van der Waals surface area contributed by atoms with Crippen molar-refractivity contribution in [1.82, 2.24) is 14.5 Å². The maximum atomic E-state index is 13.4. The molecular formula is C23H23N3O2. The SMILES string of the molecule is O=C(c1ccc2c3c(cccc13)CC2)[C@H]1CCCN(C(=O)Cn2ccnc2)C1. The van der Waals surface area contributed by atoms with Gasteiger partial charge in [-0.05, 0) is 47.6 Å². The lowest BCUT2D eigenvalue weighted by molar-refractivity contribution is -0.133. The number of aromatic nitrogens is 2. The van der Waals surface area contributed by atoms with Crippen LogP contribution in [-0.4, -0.2) is 39.2 Å². The van der Waals surface area contributed by atoms with Crippen molar-refractivity contribution in [1.29, 1.82) is 0 Å². The summed E-state index contributed by atoms with van der Waals surface area (Å²) in [7, 11) is 0. The first-order valence-corrected chi connectivity index (χ1v) is 10.0. The molecule has 0 spiro atoms. The highest BCUT2D eigenvalue weighted by molar-refractivity contribution is 6.11. The van der Waals surface area contributed by atoms with Crippen LogP contribution in [0.1, 0.15) is 34.3 Å². The van der Waals surface area contributed by atoms with Crippen molar-refractivity contribution in [2.45, 2.75) is 32.2 Å². The minimum Gasteiger partial charge on any atom is -0.340 e. The zero-order valence-electron chi connectivity index (χ0n) is 15.8. The molecular weight excluding hydrogens is 350 g/mol. The van der Waals surface area contributed by atoms with Crippen LogP contribution in [-0.2, 0) is 24.2 Å². The molecule has 0 radical (unpaired) electrons. The number of rotatable bonds is 4. The average molecular weight is 373 g/mol. The molecule has 2 aromatic carbocycles. The third-order valence-corrected chi connectivity index (χ3v) is 6.16. The van der Waals surface area contributed by atoms with Gasteiger partial charge in [0.05, 0.1) is 6.33 Å². The molecule has 142 valence electrons. The molecule has 5 heteroatoms. The van der Waals surface area contributed by atoms with E-state index < -0.39 is 0 Å². The normalized spacial score (nSPS) is 18.6. The molecule has 2 aliphatic rings. The smallest absolute Gasteiger partial charge is 0.242 e. The lowest BCUT2D eigenvalue weighted by Gasteiger charge is -2.32. The fourth-order valence-electron chi connectivity index (χ4n) is 4.74. The van der Waals surface area contributed by atoms with Crippen molar-refractivity contribution >= 4 is 22.5 Å². The van der Waals surface area contributed by atoms with Gasteiger partial charge in [-0.15, -0.1) is 0 Å². The molecule has 0 unspecified atom stereocenters. The van der Waals surface area contributed by atoms with Crippen molar-refractivity contribution in [2.75, 3.05) is 13.1 Å². The Bertz CT molecular complexity index is 1040. The number of hydrogen-bond donors (Lipinski definition) is 0. The average Bonchev–Trinajstić information content (AvgIpc) is 3.39. The number of likely N-dealkylation sites (tertiary alicyclic amines) is 1. The summed E-state index contributed by atoms with van der Waals surface area (Å²) in [6.07, 6.45) is 8.94. The molecule has 1 atom stereocenters. The van der Waals surface area contributed by atoms with E-state index in [1.54, 1.807) is 23.3 Å². The van der Waals surface area contributed by atoms with Gasteiger partial charge in [0.25, 0.3) is 0 Å². The number of amides is 1. The van der Waals surface area contributed by atoms with Gasteiger partial charge in [-0.1, -0.05) is 30.3 Å². The van der Waals surface area contributed by atoms with Gasteiger partial charge in [0.1, 0.15) is 6.54 Å². The Morgan fingerprint density at radius 2 is 1.96 bits per heavy atom. The number of piperidine rings is 1. The first-order chi connectivity index (χ1) is 13.7. The molecule has 1 fully saturated rings. The molecule has 5 rings (SSSR count). The third kappa shape index (κ3) is 2.91. The predicted octanol–water partition coefficient (Wildman–Crippen LogP) is 3.26. The number of benzene rings is 2. The number of hydrogen-bond acceptors (Lipinski definition) is 3. The standard InChI is InChI=1S/C23H23N3O2/c27-21(14-25-12-10-24-15-25)26-11-2-4-18(13-26)23(28)20-9-8-17-7-6-16-3-1-5-19(20)22(16)17/h1,3,5,8-10,12,15,18H,2,4,6-7,11,13-14H2/t18-/m0/s1. The van der Waals surface area contributed by atoms with Crippen LogP contribution < -0.4 is 0 Å². The Balaban J connectivity index is 1.38. The van der Waals surface area contributed by atoms with Crippen molar-refractivity contribution in [3.8, 4) is 0 Å². The molecule has 0 N–H and O–H groups in total. The lowest BCUT2D eigenvalue weighted by Crippen LogP contribution is -2.43. The van der Waals surface area contributed by atoms with Crippen molar-refractivity contribution in [3.05, 3.63) is 65.7 Å². The summed E-state index contributed by atoms with van der Waals surface area (Å²) in [5, 5.41) is 2.36. The summed E-state index contributed by atoms with van der Waals surface area (Å²) < 4.78 is 1.77. The highest BCUT2D eigenvalue weighted by atomic mass is 16.2. The van der Waals surface area contributed by atoms with E-state index in [9.17, 15) is 9.59 Å². The molecule has 2 heterocycles. The van der Waals surface area contributed by atoms with E-state index in [0.717, 1.165) is 43.2 Å². The Labute approximate surface area is 164 Å². The fourth-order valence-corrected chi connectivity index (χ4v) is 4.74. The summed E-state index contributed by atoms with van der Waals surface area (Å²) in [5.74, 6) is 0.102. The lowest BCUT2D eigenvalue weighted by atomic mass is 9.87. The van der Waals surface area contributed by atoms with Crippen molar-refractivity contribution in [2.24, 2.45) is 5.92 Å². The highest BCUT2D eigenvalue weighted by Gasteiger charge is 2.30. The number of carbonyl (C=O) groups is 2. The number of aryl methyl sites for hydroxylation is 2. The molecule has 1 aliphatic carbocycles. The highest BCUT2D eigenvalue weighted by Crippen LogP contribution is 2.34. The molecule has 3 aromatic rings. The summed E-state index contributed by atoms with van der Waals surface area (Å²) >= 11 is 0. The van der Waals surface area contributed by atoms with Crippen LogP contribution >= 0.6 is 0 Å². The first kappa shape index (κ1) is 17.2. The number of carbonyl (C=O) groups excluding carboxylic acids is 2. The first-order valence-electron chi connectivity index (χ1n) is 10.0. The second-order valence-electron chi connectivity index (χ2n) is 7.89. The molecule has 1 saturated heterocycles. The summed E-state index contributed by atoms with van der Waals surface area (Å²) in [6, 6.07) is 10.4. The molecule has 5 nitrogen and oxygen atoms in total. The van der Waals surface area contributed by atoms with Gasteiger partial charge >= 0.3 is 0 Å². The maximum Gasteiger partial charge on any atom is 0.242 e. The van der Waals surface area contributed by atoms with E-state index in [-0.39, 0.29) is 24.2 Å². The van der Waals surface area contributed by atoms with E-state index >= 15 is 0 Å². The Hall–Kier alpha value is -2.95. The van der Waals surface area contributed by atoms with E-state index in [0.29, 0.717) is 6.54 Å². The minimum atomic E-state index is -0.126. The zero-order valence-corrected chi connectivity index (χ0v) is 15.8. The number of Topliss-reactive ketones (excluding diaryl/α,β-unsaturated/α-hetero) is 1. The minimum absolute atomic E-state index is 0.0518. The second-order valence-corrected chi connectivity index (χ2v) is 7.89. The molecule has 0 bridgehead atoms. The molecule has 0 saturated carbocycles. The van der Waals surface area contributed by atoms with Gasteiger partial charge < -0.3 is 9.47 Å². The van der Waals surface area contributed by atoms with Gasteiger partial charge in [-0.3, -0.25) is 9.59 Å². The number of imidazole rings is 1. The Kier molecular flexibility index (Phi) is 4.23. The van der Waals surface area contributed by atoms with Crippen LogP contribution in [0.15, 0.2) is 49.1 Å². The summed E-state index contributed by atoms with van der Waals surface area (Å²) in [5.41, 5.74) is 3.52. The van der Waals surface area contributed by atoms with Crippen LogP contribution in [0, 0.1) is 5.92 Å². The fraction of sp³-hybridized carbons (Fsp3) is 0.348. The summed E-state index contributed by atoms with van der Waals surface area (Å²) in [4.78, 5) is 31.9. The van der Waals surface area contributed by atoms with Gasteiger partial charge in [-0.25, -0.2) is 4.98 Å². The predicted molar refractivity (Wildman–Crippen MR) is 107 cm³/mol. The van der Waals surface area contributed by atoms with Gasteiger partial charge in [0, 0.05) is 37.0 Å². The van der Waals surface area contributed by atoms with Crippen LogP contribution in [0.3, 0.4) is 0 Å². The van der Waals surface area contributed by atoms with Gasteiger partial charge in [0.15, 0.2) is 5.78 Å². The van der Waals surface area contributed by atoms with E-state index in [4.69, 9.17) is 0 Å². The van der Waals surface area contributed by atoms with Crippen molar-refractivity contribution < 1.29 is 9.59 Å². The van der Waals surface area contributed by atoms with Crippen LogP contribution in [0.25, 0.3) is 10.8 Å². The van der Waals surface area contributed by atoms with Crippen LogP contribution in [0.2, 0.25) is 0 Å². The molecule has 1 amide bonds. The number of ketones is 1.